The Morgan fingerprint density at radius 1 is 0.943 bits per heavy atom. The first kappa shape index (κ1) is 24.7. The Hall–Kier alpha value is -3.44. The SMILES string of the molecule is COc1ccc(C(=O)CCC[N@@+]2(C)CCC(C(C(N)=O)(c3ccccc3)c3ccccc3)C2)cc1. The van der Waals surface area contributed by atoms with Gasteiger partial charge in [0.2, 0.25) is 5.91 Å². The molecule has 3 aromatic rings. The topological polar surface area (TPSA) is 69.4 Å². The maximum atomic E-state index is 13.3. The zero-order chi connectivity index (χ0) is 24.9. The minimum atomic E-state index is -0.878. The number of carbonyl (C=O) groups is 2. The Kier molecular flexibility index (Phi) is 7.37. The number of Topliss-reactive ketones (excluding diaryl/α,β-unsaturated/α-hetero) is 1. The summed E-state index contributed by atoms with van der Waals surface area (Å²) in [5.41, 5.74) is 7.97. The van der Waals surface area contributed by atoms with E-state index in [1.54, 1.807) is 7.11 Å². The van der Waals surface area contributed by atoms with E-state index in [-0.39, 0.29) is 17.6 Å². The van der Waals surface area contributed by atoms with Crippen LogP contribution in [0, 0.1) is 5.92 Å². The number of rotatable bonds is 10. The highest BCUT2D eigenvalue weighted by molar-refractivity contribution is 5.96. The molecule has 0 radical (unpaired) electrons. The van der Waals surface area contributed by atoms with Gasteiger partial charge in [0.25, 0.3) is 0 Å². The number of benzene rings is 3. The standard InChI is InChI=1S/C30H34N2O3/c1-32(20-9-14-28(33)23-15-17-27(35-2)18-16-23)21-19-26(22-32)30(29(31)34,24-10-5-3-6-11-24)25-12-7-4-8-13-25/h3-8,10-13,15-18,26H,9,14,19-22H2,1-2H3,(H-,31,34)/p+1/t26?,32-/m0/s1. The number of carbonyl (C=O) groups excluding carboxylic acids is 2. The number of hydrogen-bond donors (Lipinski definition) is 1. The number of likely N-dealkylation sites (tertiary alicyclic amines) is 1. The molecule has 2 atom stereocenters. The van der Waals surface area contributed by atoms with Crippen LogP contribution >= 0.6 is 0 Å². The molecular weight excluding hydrogens is 436 g/mol. The van der Waals surface area contributed by atoms with Crippen LogP contribution in [0.5, 0.6) is 5.75 Å². The van der Waals surface area contributed by atoms with Crippen LogP contribution < -0.4 is 10.5 Å². The van der Waals surface area contributed by atoms with Crippen molar-refractivity contribution in [3.05, 3.63) is 102 Å². The number of nitrogens with zero attached hydrogens (tertiary/aromatic N) is 1. The fourth-order valence-electron chi connectivity index (χ4n) is 5.81. The van der Waals surface area contributed by atoms with Crippen molar-refractivity contribution in [2.75, 3.05) is 33.8 Å². The largest absolute Gasteiger partial charge is 0.497 e. The third kappa shape index (κ3) is 5.01. The highest BCUT2D eigenvalue weighted by Crippen LogP contribution is 2.45. The third-order valence-electron chi connectivity index (χ3n) is 7.65. The molecule has 182 valence electrons. The van der Waals surface area contributed by atoms with Gasteiger partial charge in [0.1, 0.15) is 11.2 Å². The zero-order valence-electron chi connectivity index (χ0n) is 20.7. The van der Waals surface area contributed by atoms with Gasteiger partial charge in [-0.2, -0.15) is 0 Å². The zero-order valence-corrected chi connectivity index (χ0v) is 20.7. The molecule has 3 aromatic carbocycles. The van der Waals surface area contributed by atoms with Gasteiger partial charge in [-0.05, 0) is 35.4 Å². The van der Waals surface area contributed by atoms with E-state index in [1.165, 1.54) is 0 Å². The number of ether oxygens (including phenoxy) is 1. The molecule has 2 N–H and O–H groups in total. The lowest BCUT2D eigenvalue weighted by molar-refractivity contribution is -0.899. The highest BCUT2D eigenvalue weighted by atomic mass is 16.5. The van der Waals surface area contributed by atoms with Crippen LogP contribution in [-0.2, 0) is 10.2 Å². The van der Waals surface area contributed by atoms with Crippen LogP contribution in [0.2, 0.25) is 0 Å². The fraction of sp³-hybridized carbons (Fsp3) is 0.333. The predicted molar refractivity (Wildman–Crippen MR) is 138 cm³/mol. The average Bonchev–Trinajstić information content (AvgIpc) is 3.27. The first-order valence-corrected chi connectivity index (χ1v) is 12.3. The smallest absolute Gasteiger partial charge is 0.233 e. The molecule has 1 amide bonds. The van der Waals surface area contributed by atoms with Crippen LogP contribution in [0.15, 0.2) is 84.9 Å². The van der Waals surface area contributed by atoms with Crippen molar-refractivity contribution in [3.63, 3.8) is 0 Å². The van der Waals surface area contributed by atoms with Crippen molar-refractivity contribution in [1.82, 2.24) is 0 Å². The van der Waals surface area contributed by atoms with Crippen molar-refractivity contribution in [2.45, 2.75) is 24.7 Å². The van der Waals surface area contributed by atoms with E-state index in [2.05, 4.69) is 7.05 Å². The van der Waals surface area contributed by atoms with E-state index in [0.717, 1.165) is 53.8 Å². The van der Waals surface area contributed by atoms with Crippen LogP contribution in [-0.4, -0.2) is 50.0 Å². The highest BCUT2D eigenvalue weighted by Gasteiger charge is 2.53. The Labute approximate surface area is 208 Å². The number of quaternary nitrogens is 1. The Balaban J connectivity index is 1.51. The molecule has 1 heterocycles. The maximum absolute atomic E-state index is 13.3. The number of amides is 1. The first-order chi connectivity index (χ1) is 16.9. The van der Waals surface area contributed by atoms with Crippen molar-refractivity contribution in [2.24, 2.45) is 11.7 Å². The monoisotopic (exact) mass is 471 g/mol. The van der Waals surface area contributed by atoms with Gasteiger partial charge in [-0.3, -0.25) is 9.59 Å². The van der Waals surface area contributed by atoms with Crippen LogP contribution in [0.1, 0.15) is 40.7 Å². The van der Waals surface area contributed by atoms with Gasteiger partial charge in [0, 0.05) is 30.7 Å². The lowest BCUT2D eigenvalue weighted by Gasteiger charge is -2.38. The summed E-state index contributed by atoms with van der Waals surface area (Å²) in [5.74, 6) is 0.669. The number of hydrogen-bond acceptors (Lipinski definition) is 3. The summed E-state index contributed by atoms with van der Waals surface area (Å²) >= 11 is 0. The number of ketones is 1. The first-order valence-electron chi connectivity index (χ1n) is 12.3. The molecule has 1 unspecified atom stereocenters. The van der Waals surface area contributed by atoms with Crippen LogP contribution in [0.25, 0.3) is 0 Å². The second kappa shape index (κ2) is 10.4. The fourth-order valence-corrected chi connectivity index (χ4v) is 5.81. The average molecular weight is 472 g/mol. The molecule has 35 heavy (non-hydrogen) atoms. The molecule has 4 rings (SSSR count). The normalized spacial score (nSPS) is 19.9. The van der Waals surface area contributed by atoms with Gasteiger partial charge in [-0.25, -0.2) is 0 Å². The lowest BCUT2D eigenvalue weighted by atomic mass is 9.64. The molecule has 1 aliphatic heterocycles. The molecule has 0 bridgehead atoms. The quantitative estimate of drug-likeness (QED) is 0.347. The van der Waals surface area contributed by atoms with E-state index < -0.39 is 5.41 Å². The third-order valence-corrected chi connectivity index (χ3v) is 7.65. The summed E-state index contributed by atoms with van der Waals surface area (Å²) in [5, 5.41) is 0. The number of methoxy groups -OCH3 is 1. The molecule has 1 saturated heterocycles. The minimum Gasteiger partial charge on any atom is -0.497 e. The summed E-state index contributed by atoms with van der Waals surface area (Å²) in [4.78, 5) is 26.0. The summed E-state index contributed by atoms with van der Waals surface area (Å²) in [6.07, 6.45) is 2.20. The van der Waals surface area contributed by atoms with Crippen LogP contribution in [0.3, 0.4) is 0 Å². The summed E-state index contributed by atoms with van der Waals surface area (Å²) in [7, 11) is 3.85. The molecule has 0 aromatic heterocycles. The van der Waals surface area contributed by atoms with Crippen molar-refractivity contribution in [1.29, 1.82) is 0 Å². The van der Waals surface area contributed by atoms with Crippen molar-refractivity contribution < 1.29 is 18.8 Å². The van der Waals surface area contributed by atoms with Gasteiger partial charge in [-0.1, -0.05) is 60.7 Å². The van der Waals surface area contributed by atoms with Crippen molar-refractivity contribution in [3.8, 4) is 5.75 Å². The molecule has 0 aliphatic carbocycles. The molecule has 5 heteroatoms. The summed E-state index contributed by atoms with van der Waals surface area (Å²) < 4.78 is 6.01. The van der Waals surface area contributed by atoms with Gasteiger partial charge in [-0.15, -0.1) is 0 Å². The second-order valence-electron chi connectivity index (χ2n) is 9.89. The predicted octanol–water partition coefficient (Wildman–Crippen LogP) is 4.60. The second-order valence-corrected chi connectivity index (χ2v) is 9.89. The molecule has 0 saturated carbocycles. The van der Waals surface area contributed by atoms with E-state index in [1.807, 2.05) is 84.9 Å². The molecule has 5 nitrogen and oxygen atoms in total. The molecular formula is C30H35N2O3+. The van der Waals surface area contributed by atoms with E-state index in [0.29, 0.717) is 12.0 Å². The van der Waals surface area contributed by atoms with E-state index in [4.69, 9.17) is 10.5 Å². The van der Waals surface area contributed by atoms with Gasteiger partial charge in [0.05, 0.1) is 33.8 Å². The lowest BCUT2D eigenvalue weighted by Crippen LogP contribution is -2.51. The molecule has 1 fully saturated rings. The molecule has 0 spiro atoms. The Morgan fingerprint density at radius 3 is 2.03 bits per heavy atom. The summed E-state index contributed by atoms with van der Waals surface area (Å²) in [6.45, 7) is 2.68. The van der Waals surface area contributed by atoms with Crippen LogP contribution in [0.4, 0.5) is 0 Å². The Bertz CT molecular complexity index is 1110. The minimum absolute atomic E-state index is 0.0760. The van der Waals surface area contributed by atoms with Crippen molar-refractivity contribution >= 4 is 11.7 Å². The number of primary amides is 1. The van der Waals surface area contributed by atoms with Gasteiger partial charge >= 0.3 is 0 Å². The summed E-state index contributed by atoms with van der Waals surface area (Å²) in [6, 6.07) is 27.2. The number of nitrogens with two attached hydrogens (primary N) is 1. The van der Waals surface area contributed by atoms with E-state index >= 15 is 0 Å². The van der Waals surface area contributed by atoms with E-state index in [9.17, 15) is 9.59 Å². The maximum Gasteiger partial charge on any atom is 0.233 e. The Morgan fingerprint density at radius 2 is 1.51 bits per heavy atom. The van der Waals surface area contributed by atoms with Gasteiger partial charge in [0.15, 0.2) is 5.78 Å². The van der Waals surface area contributed by atoms with Gasteiger partial charge < -0.3 is 15.0 Å². The molecule has 1 aliphatic rings.